The zero-order valence-electron chi connectivity index (χ0n) is 10.5. The normalized spacial score (nSPS) is 16.7. The van der Waals surface area contributed by atoms with Gasteiger partial charge in [0.05, 0.1) is 6.20 Å². The van der Waals surface area contributed by atoms with Crippen molar-refractivity contribution in [3.8, 4) is 0 Å². The molecule has 96 valence electrons. The highest BCUT2D eigenvalue weighted by Gasteiger charge is 2.09. The highest BCUT2D eigenvalue weighted by atomic mass is 15.4. The van der Waals surface area contributed by atoms with Gasteiger partial charge in [-0.1, -0.05) is 5.21 Å². The van der Waals surface area contributed by atoms with E-state index in [1.54, 1.807) is 6.20 Å². The van der Waals surface area contributed by atoms with Crippen LogP contribution in [0.2, 0.25) is 0 Å². The summed E-state index contributed by atoms with van der Waals surface area (Å²) in [5.74, 6) is 0. The van der Waals surface area contributed by atoms with Gasteiger partial charge in [-0.2, -0.15) is 0 Å². The lowest BCUT2D eigenvalue weighted by atomic mass is 10.3. The molecule has 0 aliphatic carbocycles. The molecule has 1 N–H and O–H groups in total. The van der Waals surface area contributed by atoms with Gasteiger partial charge in [0.25, 0.3) is 0 Å². The second-order valence-electron chi connectivity index (χ2n) is 4.67. The van der Waals surface area contributed by atoms with Gasteiger partial charge < -0.3 is 10.2 Å². The fourth-order valence-corrected chi connectivity index (χ4v) is 2.28. The molecule has 0 unspecified atom stereocenters. The Morgan fingerprint density at radius 1 is 1.06 bits per heavy atom. The van der Waals surface area contributed by atoms with E-state index in [4.69, 9.17) is 0 Å². The monoisotopic (exact) mass is 237 g/mol. The van der Waals surface area contributed by atoms with E-state index in [0.717, 1.165) is 26.1 Å². The van der Waals surface area contributed by atoms with Crippen LogP contribution >= 0.6 is 0 Å². The zero-order valence-corrected chi connectivity index (χ0v) is 10.5. The van der Waals surface area contributed by atoms with Crippen molar-refractivity contribution in [2.75, 3.05) is 32.7 Å². The number of likely N-dealkylation sites (tertiary alicyclic amines) is 1. The molecule has 0 atom stereocenters. The van der Waals surface area contributed by atoms with Crippen LogP contribution in [0, 0.1) is 0 Å². The van der Waals surface area contributed by atoms with Crippen LogP contribution in [-0.4, -0.2) is 52.6 Å². The fourth-order valence-electron chi connectivity index (χ4n) is 2.28. The summed E-state index contributed by atoms with van der Waals surface area (Å²) in [5, 5.41) is 11.2. The molecule has 0 bridgehead atoms. The summed E-state index contributed by atoms with van der Waals surface area (Å²) in [4.78, 5) is 2.57. The van der Waals surface area contributed by atoms with Crippen molar-refractivity contribution in [1.82, 2.24) is 25.2 Å². The van der Waals surface area contributed by atoms with Gasteiger partial charge in [-0.25, -0.2) is 0 Å². The number of aryl methyl sites for hydroxylation is 1. The van der Waals surface area contributed by atoms with E-state index in [9.17, 15) is 0 Å². The molecule has 0 amide bonds. The molecular weight excluding hydrogens is 214 g/mol. The number of nitrogens with one attached hydrogen (secondary N) is 1. The van der Waals surface area contributed by atoms with Crippen molar-refractivity contribution < 1.29 is 0 Å². The molecule has 17 heavy (non-hydrogen) atoms. The van der Waals surface area contributed by atoms with Crippen LogP contribution in [0.3, 0.4) is 0 Å². The van der Waals surface area contributed by atoms with Crippen LogP contribution in [0.25, 0.3) is 0 Å². The maximum atomic E-state index is 3.93. The summed E-state index contributed by atoms with van der Waals surface area (Å²) in [5.41, 5.74) is 0. The van der Waals surface area contributed by atoms with E-state index in [2.05, 4.69) is 20.5 Å². The predicted octanol–water partition coefficient (Wildman–Crippen LogP) is 0.744. The lowest BCUT2D eigenvalue weighted by Crippen LogP contribution is -2.25. The summed E-state index contributed by atoms with van der Waals surface area (Å²) in [7, 11) is 0. The SMILES string of the molecule is c1cn(CCCNCCCN2CCCC2)nn1. The van der Waals surface area contributed by atoms with Crippen molar-refractivity contribution in [3.05, 3.63) is 12.4 Å². The molecule has 0 saturated carbocycles. The molecule has 1 aliphatic heterocycles. The van der Waals surface area contributed by atoms with Crippen molar-refractivity contribution >= 4 is 0 Å². The lowest BCUT2D eigenvalue weighted by molar-refractivity contribution is 0.330. The Labute approximate surface area is 103 Å². The Balaban J connectivity index is 1.39. The average Bonchev–Trinajstić information content (AvgIpc) is 3.00. The first-order valence-electron chi connectivity index (χ1n) is 6.72. The Morgan fingerprint density at radius 3 is 2.53 bits per heavy atom. The van der Waals surface area contributed by atoms with Gasteiger partial charge in [-0.3, -0.25) is 4.68 Å². The molecule has 5 nitrogen and oxygen atoms in total. The number of hydrogen-bond acceptors (Lipinski definition) is 4. The highest BCUT2D eigenvalue weighted by molar-refractivity contribution is 4.66. The molecule has 2 heterocycles. The van der Waals surface area contributed by atoms with E-state index >= 15 is 0 Å². The maximum Gasteiger partial charge on any atom is 0.0692 e. The second-order valence-corrected chi connectivity index (χ2v) is 4.67. The van der Waals surface area contributed by atoms with E-state index in [0.29, 0.717) is 0 Å². The van der Waals surface area contributed by atoms with Gasteiger partial charge in [0.2, 0.25) is 0 Å². The first-order valence-corrected chi connectivity index (χ1v) is 6.72. The molecule has 0 spiro atoms. The van der Waals surface area contributed by atoms with Crippen LogP contribution in [0.15, 0.2) is 12.4 Å². The molecule has 1 aromatic rings. The topological polar surface area (TPSA) is 46.0 Å². The summed E-state index contributed by atoms with van der Waals surface area (Å²) in [6.07, 6.45) is 8.81. The minimum absolute atomic E-state index is 0.957. The largest absolute Gasteiger partial charge is 0.317 e. The summed E-state index contributed by atoms with van der Waals surface area (Å²) < 4.78 is 1.88. The molecule has 1 saturated heterocycles. The zero-order chi connectivity index (χ0) is 11.8. The third-order valence-electron chi connectivity index (χ3n) is 3.24. The second kappa shape index (κ2) is 7.40. The third kappa shape index (κ3) is 4.83. The molecule has 5 heteroatoms. The number of aromatic nitrogens is 3. The van der Waals surface area contributed by atoms with E-state index in [1.807, 2.05) is 10.9 Å². The minimum atomic E-state index is 0.957. The van der Waals surface area contributed by atoms with E-state index < -0.39 is 0 Å². The first-order chi connectivity index (χ1) is 8.45. The molecule has 1 fully saturated rings. The quantitative estimate of drug-likeness (QED) is 0.678. The average molecular weight is 237 g/mol. The number of rotatable bonds is 8. The van der Waals surface area contributed by atoms with Gasteiger partial charge in [-0.15, -0.1) is 5.10 Å². The summed E-state index contributed by atoms with van der Waals surface area (Å²) in [6.45, 7) is 7.04. The standard InChI is InChI=1S/C12H23N5/c1-2-9-16(8-1)10-3-5-13-6-4-11-17-12-7-14-15-17/h7,12-13H,1-6,8-11H2. The van der Waals surface area contributed by atoms with Crippen molar-refractivity contribution in [2.45, 2.75) is 32.2 Å². The van der Waals surface area contributed by atoms with Crippen LogP contribution < -0.4 is 5.32 Å². The van der Waals surface area contributed by atoms with Gasteiger partial charge in [-0.05, 0) is 58.4 Å². The van der Waals surface area contributed by atoms with Crippen molar-refractivity contribution in [1.29, 1.82) is 0 Å². The van der Waals surface area contributed by atoms with Crippen LogP contribution in [0.1, 0.15) is 25.7 Å². The van der Waals surface area contributed by atoms with Crippen molar-refractivity contribution in [3.63, 3.8) is 0 Å². The minimum Gasteiger partial charge on any atom is -0.317 e. The van der Waals surface area contributed by atoms with E-state index in [-0.39, 0.29) is 0 Å². The molecule has 2 rings (SSSR count). The number of hydrogen-bond donors (Lipinski definition) is 1. The predicted molar refractivity (Wildman–Crippen MR) is 67.8 cm³/mol. The van der Waals surface area contributed by atoms with Crippen LogP contribution in [-0.2, 0) is 6.54 Å². The molecule has 0 aromatic carbocycles. The van der Waals surface area contributed by atoms with Crippen LogP contribution in [0.4, 0.5) is 0 Å². The van der Waals surface area contributed by atoms with E-state index in [1.165, 1.54) is 38.9 Å². The summed E-state index contributed by atoms with van der Waals surface area (Å²) >= 11 is 0. The fraction of sp³-hybridized carbons (Fsp3) is 0.833. The Morgan fingerprint density at radius 2 is 1.82 bits per heavy atom. The Hall–Kier alpha value is -0.940. The molecular formula is C12H23N5. The lowest BCUT2D eigenvalue weighted by Gasteiger charge is -2.14. The van der Waals surface area contributed by atoms with Gasteiger partial charge in [0.15, 0.2) is 0 Å². The van der Waals surface area contributed by atoms with Gasteiger partial charge >= 0.3 is 0 Å². The first kappa shape index (κ1) is 12.5. The number of nitrogens with zero attached hydrogens (tertiary/aromatic N) is 4. The van der Waals surface area contributed by atoms with Gasteiger partial charge in [0.1, 0.15) is 0 Å². The maximum absolute atomic E-state index is 3.93. The van der Waals surface area contributed by atoms with Crippen molar-refractivity contribution in [2.24, 2.45) is 0 Å². The summed E-state index contributed by atoms with van der Waals surface area (Å²) in [6, 6.07) is 0. The molecule has 1 aliphatic rings. The molecule has 0 radical (unpaired) electrons. The van der Waals surface area contributed by atoms with Gasteiger partial charge in [0, 0.05) is 12.7 Å². The molecule has 1 aromatic heterocycles. The Kier molecular flexibility index (Phi) is 5.45. The highest BCUT2D eigenvalue weighted by Crippen LogP contribution is 2.06. The third-order valence-corrected chi connectivity index (χ3v) is 3.24. The Bertz CT molecular complexity index is 279. The smallest absolute Gasteiger partial charge is 0.0692 e. The van der Waals surface area contributed by atoms with Crippen LogP contribution in [0.5, 0.6) is 0 Å².